The first kappa shape index (κ1) is 12.8. The predicted octanol–water partition coefficient (Wildman–Crippen LogP) is 3.84. The summed E-state index contributed by atoms with van der Waals surface area (Å²) in [5.41, 5.74) is 1.95. The quantitative estimate of drug-likeness (QED) is 0.416. The Bertz CT molecular complexity index is 1020. The Hall–Kier alpha value is -2.88. The van der Waals surface area contributed by atoms with Gasteiger partial charge in [0, 0.05) is 22.9 Å². The summed E-state index contributed by atoms with van der Waals surface area (Å²) in [5.74, 6) is 1.24. The average molecular weight is 291 g/mol. The van der Waals surface area contributed by atoms with Crippen LogP contribution in [0.1, 0.15) is 6.92 Å². The van der Waals surface area contributed by atoms with Crippen LogP contribution in [-0.2, 0) is 0 Å². The van der Waals surface area contributed by atoms with E-state index in [1.54, 1.807) is 6.07 Å². The third kappa shape index (κ3) is 1.92. The molecule has 0 fully saturated rings. The number of benzene rings is 3. The molecule has 0 saturated carbocycles. The van der Waals surface area contributed by atoms with Crippen molar-refractivity contribution in [1.29, 1.82) is 0 Å². The number of fused-ring (bicyclic) bond motifs is 4. The van der Waals surface area contributed by atoms with Crippen LogP contribution in [0.5, 0.6) is 5.75 Å². The van der Waals surface area contributed by atoms with Crippen LogP contribution in [0.2, 0.25) is 0 Å². The molecule has 4 nitrogen and oxygen atoms in total. The molecule has 4 rings (SSSR count). The summed E-state index contributed by atoms with van der Waals surface area (Å²) in [7, 11) is 0. The summed E-state index contributed by atoms with van der Waals surface area (Å²) in [6, 6.07) is 14.4. The molecule has 0 N–H and O–H groups in total. The first-order valence-corrected chi connectivity index (χ1v) is 7.15. The number of nitrogens with zero attached hydrogens (tertiary/aromatic N) is 1. The molecule has 0 atom stereocenters. The molecule has 1 heterocycles. The van der Waals surface area contributed by atoms with Gasteiger partial charge in [-0.1, -0.05) is 24.3 Å². The molecule has 2 aliphatic rings. The van der Waals surface area contributed by atoms with Crippen LogP contribution >= 0.6 is 0 Å². The highest BCUT2D eigenvalue weighted by Crippen LogP contribution is 2.35. The minimum atomic E-state index is -0.0942. The van der Waals surface area contributed by atoms with E-state index in [1.165, 1.54) is 12.1 Å². The Morgan fingerprint density at radius 2 is 1.91 bits per heavy atom. The summed E-state index contributed by atoms with van der Waals surface area (Å²) in [5, 5.41) is 1.97. The van der Waals surface area contributed by atoms with Gasteiger partial charge in [-0.25, -0.2) is 4.98 Å². The summed E-state index contributed by atoms with van der Waals surface area (Å²) in [6.45, 7) is 2.51. The van der Waals surface area contributed by atoms with E-state index in [1.807, 2.05) is 37.3 Å². The largest absolute Gasteiger partial charge is 0.493 e. The van der Waals surface area contributed by atoms with Crippen molar-refractivity contribution in [3.05, 3.63) is 58.8 Å². The summed E-state index contributed by atoms with van der Waals surface area (Å²) in [6.07, 6.45) is 0. The molecule has 0 aromatic heterocycles. The van der Waals surface area contributed by atoms with Gasteiger partial charge < -0.3 is 9.15 Å². The normalized spacial score (nSPS) is 11.3. The lowest BCUT2D eigenvalue weighted by Gasteiger charge is -2.12. The first-order chi connectivity index (χ1) is 10.8. The Kier molecular flexibility index (Phi) is 2.82. The fourth-order valence-corrected chi connectivity index (χ4v) is 2.68. The lowest BCUT2D eigenvalue weighted by atomic mass is 10.1. The number of hydrogen-bond donors (Lipinski definition) is 0. The second-order valence-electron chi connectivity index (χ2n) is 5.04. The SMILES string of the molecule is CCOc1cc2oc3cc(=O)ccc-3nc2c2ccccc12. The summed E-state index contributed by atoms with van der Waals surface area (Å²) < 4.78 is 11.6. The van der Waals surface area contributed by atoms with Crippen molar-refractivity contribution >= 4 is 21.9 Å². The molecule has 2 aromatic carbocycles. The second kappa shape index (κ2) is 4.84. The van der Waals surface area contributed by atoms with E-state index >= 15 is 0 Å². The molecular weight excluding hydrogens is 278 g/mol. The molecule has 0 amide bonds. The summed E-state index contributed by atoms with van der Waals surface area (Å²) >= 11 is 0. The Labute approximate surface area is 126 Å². The maximum atomic E-state index is 11.5. The van der Waals surface area contributed by atoms with E-state index in [0.29, 0.717) is 23.6 Å². The van der Waals surface area contributed by atoms with Crippen LogP contribution in [0.15, 0.2) is 57.7 Å². The molecular formula is C18H13NO3. The molecule has 0 saturated heterocycles. The summed E-state index contributed by atoms with van der Waals surface area (Å²) in [4.78, 5) is 16.1. The van der Waals surface area contributed by atoms with Gasteiger partial charge in [0.15, 0.2) is 16.8 Å². The topological polar surface area (TPSA) is 52.3 Å². The molecule has 0 spiro atoms. The molecule has 2 aromatic rings. The fourth-order valence-electron chi connectivity index (χ4n) is 2.68. The van der Waals surface area contributed by atoms with Crippen LogP contribution in [-0.4, -0.2) is 11.6 Å². The molecule has 0 bridgehead atoms. The minimum absolute atomic E-state index is 0.0942. The first-order valence-electron chi connectivity index (χ1n) is 7.15. The van der Waals surface area contributed by atoms with Crippen LogP contribution < -0.4 is 10.2 Å². The van der Waals surface area contributed by atoms with E-state index in [-0.39, 0.29) is 5.43 Å². The third-order valence-electron chi connectivity index (χ3n) is 3.63. The van der Waals surface area contributed by atoms with Crippen LogP contribution in [0.4, 0.5) is 0 Å². The zero-order valence-electron chi connectivity index (χ0n) is 12.0. The number of ether oxygens (including phenoxy) is 1. The van der Waals surface area contributed by atoms with Crippen molar-refractivity contribution in [2.24, 2.45) is 0 Å². The number of hydrogen-bond acceptors (Lipinski definition) is 4. The van der Waals surface area contributed by atoms with Crippen LogP contribution in [0.3, 0.4) is 0 Å². The van der Waals surface area contributed by atoms with Crippen molar-refractivity contribution in [3.63, 3.8) is 0 Å². The van der Waals surface area contributed by atoms with E-state index in [0.717, 1.165) is 22.0 Å². The molecule has 0 unspecified atom stereocenters. The molecule has 0 radical (unpaired) electrons. The van der Waals surface area contributed by atoms with E-state index < -0.39 is 0 Å². The molecule has 22 heavy (non-hydrogen) atoms. The van der Waals surface area contributed by atoms with Gasteiger partial charge >= 0.3 is 0 Å². The molecule has 1 aliphatic carbocycles. The van der Waals surface area contributed by atoms with E-state index in [4.69, 9.17) is 9.15 Å². The zero-order valence-corrected chi connectivity index (χ0v) is 12.0. The maximum absolute atomic E-state index is 11.5. The van der Waals surface area contributed by atoms with Crippen molar-refractivity contribution in [2.75, 3.05) is 6.61 Å². The Morgan fingerprint density at radius 3 is 2.73 bits per heavy atom. The van der Waals surface area contributed by atoms with Crippen molar-refractivity contribution in [2.45, 2.75) is 6.92 Å². The van der Waals surface area contributed by atoms with Gasteiger partial charge in [0.1, 0.15) is 17.0 Å². The highest BCUT2D eigenvalue weighted by Gasteiger charge is 2.14. The predicted molar refractivity (Wildman–Crippen MR) is 85.6 cm³/mol. The fraction of sp³-hybridized carbons (Fsp3) is 0.111. The third-order valence-corrected chi connectivity index (χ3v) is 3.63. The van der Waals surface area contributed by atoms with Crippen molar-refractivity contribution in [3.8, 4) is 17.2 Å². The average Bonchev–Trinajstić information content (AvgIpc) is 2.54. The van der Waals surface area contributed by atoms with Crippen molar-refractivity contribution in [1.82, 2.24) is 4.98 Å². The van der Waals surface area contributed by atoms with Gasteiger partial charge in [0.05, 0.1) is 6.61 Å². The van der Waals surface area contributed by atoms with Crippen molar-refractivity contribution < 1.29 is 9.15 Å². The van der Waals surface area contributed by atoms with E-state index in [9.17, 15) is 4.79 Å². The van der Waals surface area contributed by atoms with E-state index in [2.05, 4.69) is 4.98 Å². The number of rotatable bonds is 2. The smallest absolute Gasteiger partial charge is 0.182 e. The van der Waals surface area contributed by atoms with Gasteiger partial charge in [-0.3, -0.25) is 4.79 Å². The second-order valence-corrected chi connectivity index (χ2v) is 5.04. The van der Waals surface area contributed by atoms with Crippen LogP contribution in [0, 0.1) is 0 Å². The lowest BCUT2D eigenvalue weighted by molar-refractivity contribution is 0.344. The van der Waals surface area contributed by atoms with Gasteiger partial charge in [-0.15, -0.1) is 0 Å². The van der Waals surface area contributed by atoms with Gasteiger partial charge in [0.2, 0.25) is 0 Å². The zero-order chi connectivity index (χ0) is 15.1. The molecule has 108 valence electrons. The van der Waals surface area contributed by atoms with Gasteiger partial charge in [0.25, 0.3) is 0 Å². The van der Waals surface area contributed by atoms with Crippen LogP contribution in [0.25, 0.3) is 33.3 Å². The number of aromatic nitrogens is 1. The monoisotopic (exact) mass is 291 g/mol. The maximum Gasteiger partial charge on any atom is 0.182 e. The Morgan fingerprint density at radius 1 is 1.09 bits per heavy atom. The minimum Gasteiger partial charge on any atom is -0.493 e. The highest BCUT2D eigenvalue weighted by molar-refractivity contribution is 6.07. The van der Waals surface area contributed by atoms with Gasteiger partial charge in [-0.2, -0.15) is 0 Å². The lowest BCUT2D eigenvalue weighted by Crippen LogP contribution is -2.00. The highest BCUT2D eigenvalue weighted by atomic mass is 16.5. The molecule has 4 heteroatoms. The van der Waals surface area contributed by atoms with Gasteiger partial charge in [-0.05, 0) is 19.1 Å². The molecule has 1 aliphatic heterocycles. The standard InChI is InChI=1S/C18H13NO3/c1-2-21-15-10-17-18(13-6-4-3-5-12(13)15)19-14-8-7-11(20)9-16(14)22-17/h3-10H,2H2,1H3. The Balaban J connectivity index is 2.17.